The lowest BCUT2D eigenvalue weighted by atomic mass is 10.2. The Bertz CT molecular complexity index is 1170. The second kappa shape index (κ2) is 22.6. The second-order valence-corrected chi connectivity index (χ2v) is 10.2. The summed E-state index contributed by atoms with van der Waals surface area (Å²) in [6.07, 6.45) is 2.03. The van der Waals surface area contributed by atoms with Crippen LogP contribution in [-0.4, -0.2) is 118 Å². The Morgan fingerprint density at radius 1 is 0.438 bits per heavy atom. The molecule has 0 atom stereocenters. The molecule has 264 valence electrons. The van der Waals surface area contributed by atoms with Crippen LogP contribution in [0.3, 0.4) is 0 Å². The first-order chi connectivity index (χ1) is 23.7. The predicted octanol–water partition coefficient (Wildman–Crippen LogP) is 2.67. The van der Waals surface area contributed by atoms with E-state index in [4.69, 9.17) is 56.8 Å². The van der Waals surface area contributed by atoms with Crippen LogP contribution in [0.5, 0.6) is 23.0 Å². The lowest BCUT2D eigenvalue weighted by molar-refractivity contribution is -0.141. The van der Waals surface area contributed by atoms with Crippen LogP contribution in [0.1, 0.15) is 11.1 Å². The smallest absolute Gasteiger partial charge is 0.331 e. The number of ether oxygens (including phenoxy) is 12. The van der Waals surface area contributed by atoms with Crippen LogP contribution in [0, 0.1) is 0 Å². The minimum atomic E-state index is -0.710. The van der Waals surface area contributed by atoms with E-state index < -0.39 is 11.9 Å². The highest BCUT2D eigenvalue weighted by molar-refractivity contribution is 5.91. The van der Waals surface area contributed by atoms with E-state index in [1.807, 2.05) is 0 Å². The lowest BCUT2D eigenvalue weighted by Crippen LogP contribution is -2.13. The van der Waals surface area contributed by atoms with Gasteiger partial charge in [0.2, 0.25) is 0 Å². The van der Waals surface area contributed by atoms with Crippen LogP contribution in [0.25, 0.3) is 0 Å². The Balaban J connectivity index is 1.23. The van der Waals surface area contributed by atoms with Crippen LogP contribution in [0.2, 0.25) is 0 Å². The molecule has 14 nitrogen and oxygen atoms in total. The fourth-order valence-electron chi connectivity index (χ4n) is 4.22. The molecule has 0 spiro atoms. The Morgan fingerprint density at radius 2 is 0.729 bits per heavy atom. The van der Waals surface area contributed by atoms with Crippen LogP contribution in [0.4, 0.5) is 0 Å². The maximum absolute atomic E-state index is 12.3. The number of fused-ring (bicyclic) bond motifs is 2. The van der Waals surface area contributed by atoms with E-state index in [1.54, 1.807) is 36.4 Å². The topological polar surface area (TPSA) is 145 Å². The van der Waals surface area contributed by atoms with E-state index in [0.717, 1.165) is 12.2 Å². The van der Waals surface area contributed by atoms with Gasteiger partial charge in [-0.15, -0.1) is 0 Å². The van der Waals surface area contributed by atoms with Gasteiger partial charge in [-0.2, -0.15) is 0 Å². The molecule has 2 aromatic carbocycles. The first kappa shape index (κ1) is 36.9. The van der Waals surface area contributed by atoms with Crippen molar-refractivity contribution in [3.63, 3.8) is 0 Å². The van der Waals surface area contributed by atoms with Crippen molar-refractivity contribution in [1.82, 2.24) is 0 Å². The number of carbonyl (C=O) groups is 2. The molecule has 0 radical (unpaired) electrons. The van der Waals surface area contributed by atoms with Crippen molar-refractivity contribution in [2.24, 2.45) is 0 Å². The standard InChI is InChI=1S/C34H44O14/c35-33(47-25-27-1-3-29-31(23-27)45-21-17-41-13-9-37-7-11-39-15-19-43-29)5-6-34(36)48-26-28-2-4-30-32(24-28)46-22-18-42-14-10-38-8-12-40-16-20-44-30/h1-6,23-24H,7-22,25-26H2/b6-5-. The van der Waals surface area contributed by atoms with Gasteiger partial charge >= 0.3 is 11.9 Å². The molecule has 0 aliphatic carbocycles. The quantitative estimate of drug-likeness (QED) is 0.327. The van der Waals surface area contributed by atoms with Gasteiger partial charge in [0.25, 0.3) is 0 Å². The van der Waals surface area contributed by atoms with Crippen molar-refractivity contribution in [2.75, 3.05) is 106 Å². The Labute approximate surface area is 280 Å². The maximum atomic E-state index is 12.3. The van der Waals surface area contributed by atoms with Crippen molar-refractivity contribution < 1.29 is 66.4 Å². The van der Waals surface area contributed by atoms with Crippen LogP contribution < -0.4 is 18.9 Å². The van der Waals surface area contributed by atoms with Crippen molar-refractivity contribution in [1.29, 1.82) is 0 Å². The highest BCUT2D eigenvalue weighted by atomic mass is 16.6. The minimum absolute atomic E-state index is 0.0477. The number of esters is 2. The highest BCUT2D eigenvalue weighted by Crippen LogP contribution is 2.30. The summed E-state index contributed by atoms with van der Waals surface area (Å²) in [7, 11) is 0. The maximum Gasteiger partial charge on any atom is 0.331 e. The van der Waals surface area contributed by atoms with Gasteiger partial charge in [0.1, 0.15) is 39.6 Å². The summed E-state index contributed by atoms with van der Waals surface area (Å²) in [6, 6.07) is 10.5. The molecule has 0 amide bonds. The third kappa shape index (κ3) is 14.9. The van der Waals surface area contributed by atoms with E-state index in [2.05, 4.69) is 0 Å². The molecular formula is C34H44O14. The number of hydrogen-bond acceptors (Lipinski definition) is 14. The van der Waals surface area contributed by atoms with Gasteiger partial charge in [-0.25, -0.2) is 9.59 Å². The molecule has 2 heterocycles. The largest absolute Gasteiger partial charge is 0.487 e. The van der Waals surface area contributed by atoms with E-state index >= 15 is 0 Å². The Hall–Kier alpha value is -3.92. The normalized spacial score (nSPS) is 17.9. The minimum Gasteiger partial charge on any atom is -0.487 e. The van der Waals surface area contributed by atoms with Gasteiger partial charge in [0.05, 0.1) is 79.3 Å². The molecule has 0 bridgehead atoms. The zero-order chi connectivity index (χ0) is 33.5. The second-order valence-electron chi connectivity index (χ2n) is 10.2. The average Bonchev–Trinajstić information content (AvgIpc) is 3.11. The van der Waals surface area contributed by atoms with E-state index in [1.165, 1.54) is 0 Å². The molecule has 2 aliphatic rings. The summed E-state index contributed by atoms with van der Waals surface area (Å²) in [4.78, 5) is 24.7. The van der Waals surface area contributed by atoms with Crippen LogP contribution in [0.15, 0.2) is 48.6 Å². The molecule has 0 N–H and O–H groups in total. The predicted molar refractivity (Wildman–Crippen MR) is 169 cm³/mol. The lowest BCUT2D eigenvalue weighted by Gasteiger charge is -2.14. The van der Waals surface area contributed by atoms with Crippen molar-refractivity contribution >= 4 is 11.9 Å². The van der Waals surface area contributed by atoms with Crippen LogP contribution >= 0.6 is 0 Å². The summed E-state index contributed by atoms with van der Waals surface area (Å²) >= 11 is 0. The van der Waals surface area contributed by atoms with Gasteiger partial charge < -0.3 is 56.8 Å². The number of rotatable bonds is 6. The number of benzene rings is 2. The van der Waals surface area contributed by atoms with Crippen molar-refractivity contribution in [3.05, 3.63) is 59.7 Å². The molecule has 4 rings (SSSR count). The summed E-state index contributed by atoms with van der Waals surface area (Å²) in [6.45, 7) is 6.46. The summed E-state index contributed by atoms with van der Waals surface area (Å²) in [5, 5.41) is 0. The monoisotopic (exact) mass is 676 g/mol. The molecule has 0 fully saturated rings. The van der Waals surface area contributed by atoms with Gasteiger partial charge in [0, 0.05) is 12.2 Å². The van der Waals surface area contributed by atoms with Gasteiger partial charge in [-0.05, 0) is 35.4 Å². The molecular weight excluding hydrogens is 632 g/mol. The molecule has 48 heavy (non-hydrogen) atoms. The highest BCUT2D eigenvalue weighted by Gasteiger charge is 2.12. The number of carbonyl (C=O) groups excluding carboxylic acids is 2. The summed E-state index contributed by atoms with van der Waals surface area (Å²) < 4.78 is 66.8. The summed E-state index contributed by atoms with van der Waals surface area (Å²) in [5.74, 6) is 0.612. The van der Waals surface area contributed by atoms with E-state index in [0.29, 0.717) is 140 Å². The molecule has 0 unspecified atom stereocenters. The van der Waals surface area contributed by atoms with Crippen molar-refractivity contribution in [2.45, 2.75) is 13.2 Å². The van der Waals surface area contributed by atoms with E-state index in [9.17, 15) is 9.59 Å². The Kier molecular flexibility index (Phi) is 17.4. The Morgan fingerprint density at radius 3 is 1.06 bits per heavy atom. The molecule has 0 saturated carbocycles. The fourth-order valence-corrected chi connectivity index (χ4v) is 4.22. The molecule has 2 aromatic rings. The zero-order valence-electron chi connectivity index (χ0n) is 27.1. The number of hydrogen-bond donors (Lipinski definition) is 0. The SMILES string of the molecule is O=C(/C=C\C(=O)OCc1ccc2c(c1)OCCOCCOCCOCCO2)OCc1ccc2c(c1)OCCOCCOCCOCCO2. The molecule has 0 saturated heterocycles. The zero-order valence-corrected chi connectivity index (χ0v) is 27.1. The van der Waals surface area contributed by atoms with Gasteiger partial charge in [-0.3, -0.25) is 0 Å². The van der Waals surface area contributed by atoms with Crippen LogP contribution in [-0.2, 0) is 60.7 Å². The third-order valence-electron chi connectivity index (χ3n) is 6.56. The fraction of sp³-hybridized carbons (Fsp3) is 0.529. The molecule has 14 heteroatoms. The van der Waals surface area contributed by atoms with Gasteiger partial charge in [-0.1, -0.05) is 12.1 Å². The third-order valence-corrected chi connectivity index (χ3v) is 6.56. The average molecular weight is 677 g/mol. The first-order valence-corrected chi connectivity index (χ1v) is 15.9. The van der Waals surface area contributed by atoms with Crippen molar-refractivity contribution in [3.8, 4) is 23.0 Å². The molecule has 2 aliphatic heterocycles. The molecule has 0 aromatic heterocycles. The summed E-state index contributed by atoms with van der Waals surface area (Å²) in [5.41, 5.74) is 1.34. The first-order valence-electron chi connectivity index (χ1n) is 15.9. The van der Waals surface area contributed by atoms with E-state index in [-0.39, 0.29) is 13.2 Å². The van der Waals surface area contributed by atoms with Gasteiger partial charge in [0.15, 0.2) is 23.0 Å².